The minimum absolute atomic E-state index is 0.0708. The van der Waals surface area contributed by atoms with Gasteiger partial charge in [-0.25, -0.2) is 0 Å². The van der Waals surface area contributed by atoms with Gasteiger partial charge in [-0.2, -0.15) is 0 Å². The molecule has 0 aliphatic carbocycles. The third-order valence-corrected chi connectivity index (χ3v) is 7.41. The second-order valence-corrected chi connectivity index (χ2v) is 11.7. The largest absolute Gasteiger partial charge is 0.0591 e. The zero-order valence-corrected chi connectivity index (χ0v) is 25.8. The van der Waals surface area contributed by atoms with Gasteiger partial charge in [-0.1, -0.05) is 169 Å². The maximum atomic E-state index is 2.28. The fourth-order valence-corrected chi connectivity index (χ4v) is 4.39. The van der Waals surface area contributed by atoms with E-state index in [4.69, 9.17) is 0 Å². The summed E-state index contributed by atoms with van der Waals surface area (Å²) in [6, 6.07) is 43.6. The average molecular weight is 527 g/mol. The molecular weight excluding hydrogens is 480 g/mol. The van der Waals surface area contributed by atoms with Crippen molar-refractivity contribution in [2.75, 3.05) is 0 Å². The lowest BCUT2D eigenvalue weighted by atomic mass is 9.78. The Morgan fingerprint density at radius 3 is 0.775 bits per heavy atom. The van der Waals surface area contributed by atoms with Crippen LogP contribution < -0.4 is 0 Å². The summed E-state index contributed by atoms with van der Waals surface area (Å²) in [4.78, 5) is 0. The Hall–Kier alpha value is -3.90. The highest BCUT2D eigenvalue weighted by Crippen LogP contribution is 2.31. The van der Waals surface area contributed by atoms with E-state index in [1.54, 1.807) is 0 Å². The van der Waals surface area contributed by atoms with Crippen LogP contribution in [-0.4, -0.2) is 0 Å². The molecule has 0 bridgehead atoms. The van der Waals surface area contributed by atoms with Gasteiger partial charge >= 0.3 is 0 Å². The van der Waals surface area contributed by atoms with Crippen LogP contribution in [0.25, 0.3) is 0 Å². The standard InChI is InChI=1S/C17H20.C15H16.C8H10/c1-13-5-9-15(10-6-13)17(3,4)16-11-7-14(2)8-12-16;1-12-3-7-14(8-4-12)11-15-9-5-13(2)6-10-15;1-7-3-5-8(2)6-4-7/h5-12H,1-4H3;3-10H,11H2,1-2H3;3-6H,1-2H3. The Bertz CT molecular complexity index is 1300. The predicted molar refractivity (Wildman–Crippen MR) is 176 cm³/mol. The third-order valence-electron chi connectivity index (χ3n) is 7.41. The lowest BCUT2D eigenvalue weighted by Gasteiger charge is -2.26. The molecule has 0 spiro atoms. The summed E-state index contributed by atoms with van der Waals surface area (Å²) in [6.07, 6.45) is 1.03. The molecule has 206 valence electrons. The van der Waals surface area contributed by atoms with Crippen molar-refractivity contribution in [2.45, 2.75) is 67.2 Å². The monoisotopic (exact) mass is 526 g/mol. The molecule has 0 nitrogen and oxygen atoms in total. The fourth-order valence-electron chi connectivity index (χ4n) is 4.39. The van der Waals surface area contributed by atoms with E-state index in [0.29, 0.717) is 0 Å². The minimum atomic E-state index is 0.0708. The summed E-state index contributed by atoms with van der Waals surface area (Å²) in [6.45, 7) is 17.3. The number of benzene rings is 5. The Morgan fingerprint density at radius 1 is 0.325 bits per heavy atom. The van der Waals surface area contributed by atoms with Crippen molar-refractivity contribution in [1.82, 2.24) is 0 Å². The predicted octanol–water partition coefficient (Wildman–Crippen LogP) is 10.8. The van der Waals surface area contributed by atoms with Gasteiger partial charge in [0.2, 0.25) is 0 Å². The van der Waals surface area contributed by atoms with Gasteiger partial charge in [-0.05, 0) is 70.2 Å². The molecule has 0 amide bonds. The van der Waals surface area contributed by atoms with E-state index in [1.807, 2.05) is 0 Å². The molecule has 0 unspecified atom stereocenters. The van der Waals surface area contributed by atoms with Gasteiger partial charge in [0.05, 0.1) is 0 Å². The Kier molecular flexibility index (Phi) is 11.1. The highest BCUT2D eigenvalue weighted by molar-refractivity contribution is 5.39. The quantitative estimate of drug-likeness (QED) is 0.218. The van der Waals surface area contributed by atoms with E-state index < -0.39 is 0 Å². The summed E-state index contributed by atoms with van der Waals surface area (Å²) in [5.41, 5.74) is 13.5. The first-order valence-corrected chi connectivity index (χ1v) is 14.3. The minimum Gasteiger partial charge on any atom is -0.0591 e. The van der Waals surface area contributed by atoms with Crippen LogP contribution in [0.3, 0.4) is 0 Å². The van der Waals surface area contributed by atoms with E-state index in [1.165, 1.54) is 55.6 Å². The highest BCUT2D eigenvalue weighted by atomic mass is 14.3. The average Bonchev–Trinajstić information content (AvgIpc) is 2.94. The normalized spacial score (nSPS) is 10.6. The fraction of sp³-hybridized carbons (Fsp3) is 0.250. The van der Waals surface area contributed by atoms with Crippen molar-refractivity contribution in [1.29, 1.82) is 0 Å². The molecule has 40 heavy (non-hydrogen) atoms. The first-order valence-electron chi connectivity index (χ1n) is 14.3. The topological polar surface area (TPSA) is 0 Å². The second-order valence-electron chi connectivity index (χ2n) is 11.7. The van der Waals surface area contributed by atoms with Crippen molar-refractivity contribution < 1.29 is 0 Å². The SMILES string of the molecule is Cc1ccc(C(C)(C)c2ccc(C)cc2)cc1.Cc1ccc(C)cc1.Cc1ccc(Cc2ccc(C)cc2)cc1. The van der Waals surface area contributed by atoms with Gasteiger partial charge in [0.25, 0.3) is 0 Å². The summed E-state index contributed by atoms with van der Waals surface area (Å²) in [7, 11) is 0. The molecule has 5 aromatic rings. The first kappa shape index (κ1) is 30.6. The molecule has 0 heterocycles. The first-order chi connectivity index (χ1) is 19.0. The van der Waals surface area contributed by atoms with Crippen LogP contribution in [0.1, 0.15) is 69.5 Å². The second kappa shape index (κ2) is 14.5. The smallest absolute Gasteiger partial charge is 0.0146 e. The Balaban J connectivity index is 0.000000176. The lowest BCUT2D eigenvalue weighted by molar-refractivity contribution is 0.640. The van der Waals surface area contributed by atoms with E-state index in [9.17, 15) is 0 Å². The van der Waals surface area contributed by atoms with E-state index >= 15 is 0 Å². The number of rotatable bonds is 4. The molecule has 0 atom stereocenters. The van der Waals surface area contributed by atoms with Crippen LogP contribution in [0.4, 0.5) is 0 Å². The van der Waals surface area contributed by atoms with Crippen LogP contribution in [0.5, 0.6) is 0 Å². The molecule has 0 saturated carbocycles. The highest BCUT2D eigenvalue weighted by Gasteiger charge is 2.22. The van der Waals surface area contributed by atoms with Crippen LogP contribution in [0, 0.1) is 41.5 Å². The molecule has 0 aliphatic heterocycles. The zero-order chi connectivity index (χ0) is 29.1. The number of hydrogen-bond donors (Lipinski definition) is 0. The van der Waals surface area contributed by atoms with E-state index in [-0.39, 0.29) is 5.41 Å². The van der Waals surface area contributed by atoms with Crippen molar-refractivity contribution in [3.8, 4) is 0 Å². The molecule has 5 rings (SSSR count). The van der Waals surface area contributed by atoms with Crippen molar-refractivity contribution in [2.24, 2.45) is 0 Å². The number of hydrogen-bond acceptors (Lipinski definition) is 0. The van der Waals surface area contributed by atoms with Crippen LogP contribution in [0.15, 0.2) is 121 Å². The molecule has 0 saturated heterocycles. The maximum absolute atomic E-state index is 2.28. The molecule has 0 heteroatoms. The van der Waals surface area contributed by atoms with Gasteiger partial charge in [-0.15, -0.1) is 0 Å². The molecule has 0 aliphatic rings. The summed E-state index contributed by atoms with van der Waals surface area (Å²) in [5.74, 6) is 0. The van der Waals surface area contributed by atoms with Gasteiger partial charge in [0.1, 0.15) is 0 Å². The molecule has 0 fully saturated rings. The van der Waals surface area contributed by atoms with Gasteiger partial charge in [0.15, 0.2) is 0 Å². The summed E-state index contributed by atoms with van der Waals surface area (Å²) in [5, 5.41) is 0. The maximum Gasteiger partial charge on any atom is 0.0146 e. The number of aryl methyl sites for hydroxylation is 6. The molecule has 5 aromatic carbocycles. The lowest BCUT2D eigenvalue weighted by Crippen LogP contribution is -2.18. The summed E-state index contributed by atoms with van der Waals surface area (Å²) >= 11 is 0. The van der Waals surface area contributed by atoms with Gasteiger partial charge in [0, 0.05) is 5.41 Å². The zero-order valence-electron chi connectivity index (χ0n) is 25.8. The van der Waals surface area contributed by atoms with Gasteiger partial charge < -0.3 is 0 Å². The van der Waals surface area contributed by atoms with Crippen molar-refractivity contribution >= 4 is 0 Å². The molecule has 0 N–H and O–H groups in total. The van der Waals surface area contributed by atoms with E-state index in [0.717, 1.165) is 6.42 Å². The summed E-state index contributed by atoms with van der Waals surface area (Å²) < 4.78 is 0. The Labute approximate surface area is 243 Å². The van der Waals surface area contributed by atoms with Crippen molar-refractivity contribution in [3.63, 3.8) is 0 Å². The van der Waals surface area contributed by atoms with Gasteiger partial charge in [-0.3, -0.25) is 0 Å². The molecule has 0 aromatic heterocycles. The van der Waals surface area contributed by atoms with Crippen molar-refractivity contribution in [3.05, 3.63) is 177 Å². The van der Waals surface area contributed by atoms with Crippen LogP contribution in [0.2, 0.25) is 0 Å². The van der Waals surface area contributed by atoms with Crippen LogP contribution >= 0.6 is 0 Å². The molecule has 0 radical (unpaired) electrons. The third kappa shape index (κ3) is 9.69. The van der Waals surface area contributed by atoms with Crippen LogP contribution in [-0.2, 0) is 11.8 Å². The Morgan fingerprint density at radius 2 is 0.525 bits per heavy atom. The molecular formula is C40H46. The van der Waals surface area contributed by atoms with E-state index in [2.05, 4.69) is 177 Å².